The van der Waals surface area contributed by atoms with Crippen molar-refractivity contribution < 1.29 is 0 Å². The van der Waals surface area contributed by atoms with E-state index in [-0.39, 0.29) is 0 Å². The van der Waals surface area contributed by atoms with E-state index in [9.17, 15) is 0 Å². The molecule has 0 aliphatic rings. The third kappa shape index (κ3) is 2.58. The first-order valence-corrected chi connectivity index (χ1v) is 6.11. The predicted molar refractivity (Wildman–Crippen MR) is 69.2 cm³/mol. The molecule has 2 N–H and O–H groups in total. The van der Waals surface area contributed by atoms with Crippen LogP contribution < -0.4 is 5.73 Å². The second-order valence-electron chi connectivity index (χ2n) is 3.52. The highest BCUT2D eigenvalue weighted by Gasteiger charge is 2.12. The molecule has 6 heteroatoms. The maximum Gasteiger partial charge on any atom is 0.200 e. The van der Waals surface area contributed by atoms with E-state index in [4.69, 9.17) is 5.73 Å². The van der Waals surface area contributed by atoms with Crippen LogP contribution in [0.5, 0.6) is 0 Å². The molecule has 0 amide bonds. The lowest BCUT2D eigenvalue weighted by molar-refractivity contribution is 0.866. The fraction of sp³-hybridized carbons (Fsp3) is 0.273. The minimum Gasteiger partial charge on any atom is -0.383 e. The van der Waals surface area contributed by atoms with Crippen LogP contribution in [0.3, 0.4) is 0 Å². The highest BCUT2D eigenvalue weighted by atomic mass is 79.9. The van der Waals surface area contributed by atoms with Crippen LogP contribution in [0.25, 0.3) is 11.6 Å². The predicted octanol–water partition coefficient (Wildman–Crippen LogP) is 2.23. The van der Waals surface area contributed by atoms with Gasteiger partial charge in [0.25, 0.3) is 0 Å². The smallest absolute Gasteiger partial charge is 0.200 e. The van der Waals surface area contributed by atoms with Gasteiger partial charge in [-0.25, -0.2) is 19.9 Å². The van der Waals surface area contributed by atoms with Gasteiger partial charge < -0.3 is 5.73 Å². The zero-order valence-electron chi connectivity index (χ0n) is 9.39. The normalized spacial score (nSPS) is 10.5. The van der Waals surface area contributed by atoms with E-state index < -0.39 is 0 Å². The average molecular weight is 294 g/mol. The van der Waals surface area contributed by atoms with Gasteiger partial charge in [0.15, 0.2) is 11.6 Å². The Bertz CT molecular complexity index is 515. The number of anilines is 1. The molecule has 0 aromatic carbocycles. The van der Waals surface area contributed by atoms with Crippen molar-refractivity contribution in [2.75, 3.05) is 5.73 Å². The van der Waals surface area contributed by atoms with E-state index in [0.717, 1.165) is 23.0 Å². The van der Waals surface area contributed by atoms with Gasteiger partial charge in [0.05, 0.1) is 10.2 Å². The fourth-order valence-corrected chi connectivity index (χ4v) is 1.81. The standard InChI is InChI=1S/C11H12BrN5/c1-2-4-7-8(12)9(13)17-11(16-7)10-14-5-3-6-15-10/h3,5-6H,2,4H2,1H3,(H2,13,16,17). The van der Waals surface area contributed by atoms with Crippen LogP contribution in [-0.2, 0) is 6.42 Å². The van der Waals surface area contributed by atoms with Gasteiger partial charge in [-0.2, -0.15) is 0 Å². The highest BCUT2D eigenvalue weighted by Crippen LogP contribution is 2.24. The van der Waals surface area contributed by atoms with Gasteiger partial charge in [-0.1, -0.05) is 13.3 Å². The van der Waals surface area contributed by atoms with Gasteiger partial charge in [-0.15, -0.1) is 0 Å². The van der Waals surface area contributed by atoms with Crippen molar-refractivity contribution in [3.63, 3.8) is 0 Å². The Kier molecular flexibility index (Phi) is 3.63. The lowest BCUT2D eigenvalue weighted by atomic mass is 10.2. The summed E-state index contributed by atoms with van der Waals surface area (Å²) in [6.07, 6.45) is 5.14. The third-order valence-electron chi connectivity index (χ3n) is 2.20. The molecule has 0 bridgehead atoms. The summed E-state index contributed by atoms with van der Waals surface area (Å²) in [6, 6.07) is 1.75. The Morgan fingerprint density at radius 2 is 1.88 bits per heavy atom. The molecule has 0 radical (unpaired) electrons. The molecule has 0 aliphatic carbocycles. The van der Waals surface area contributed by atoms with Crippen LogP contribution in [0.1, 0.15) is 19.0 Å². The van der Waals surface area contributed by atoms with E-state index in [1.54, 1.807) is 18.5 Å². The Labute approximate surface area is 108 Å². The Hall–Kier alpha value is -1.56. The number of aromatic nitrogens is 4. The first kappa shape index (κ1) is 11.9. The summed E-state index contributed by atoms with van der Waals surface area (Å²) in [6.45, 7) is 2.09. The largest absolute Gasteiger partial charge is 0.383 e. The molecule has 0 aliphatic heterocycles. The molecule has 2 aromatic rings. The van der Waals surface area contributed by atoms with Crippen molar-refractivity contribution in [1.82, 2.24) is 19.9 Å². The van der Waals surface area contributed by atoms with E-state index in [2.05, 4.69) is 42.8 Å². The average Bonchev–Trinajstić information content (AvgIpc) is 2.36. The summed E-state index contributed by atoms with van der Waals surface area (Å²) < 4.78 is 0.763. The molecule has 0 fully saturated rings. The van der Waals surface area contributed by atoms with Crippen molar-refractivity contribution in [2.24, 2.45) is 0 Å². The molecular weight excluding hydrogens is 282 g/mol. The molecule has 0 saturated heterocycles. The lowest BCUT2D eigenvalue weighted by Crippen LogP contribution is -2.04. The topological polar surface area (TPSA) is 77.6 Å². The van der Waals surface area contributed by atoms with E-state index in [0.29, 0.717) is 17.5 Å². The molecule has 17 heavy (non-hydrogen) atoms. The first-order chi connectivity index (χ1) is 8.22. The van der Waals surface area contributed by atoms with Gasteiger partial charge in [0.1, 0.15) is 5.82 Å². The van der Waals surface area contributed by atoms with E-state index in [1.807, 2.05) is 0 Å². The van der Waals surface area contributed by atoms with Crippen LogP contribution in [0.2, 0.25) is 0 Å². The summed E-state index contributed by atoms with van der Waals surface area (Å²) >= 11 is 3.40. The second kappa shape index (κ2) is 5.18. The summed E-state index contributed by atoms with van der Waals surface area (Å²) in [5, 5.41) is 0. The van der Waals surface area contributed by atoms with Gasteiger partial charge in [0.2, 0.25) is 0 Å². The summed E-state index contributed by atoms with van der Waals surface area (Å²) in [5.74, 6) is 1.38. The minimum absolute atomic E-state index is 0.422. The molecule has 0 atom stereocenters. The highest BCUT2D eigenvalue weighted by molar-refractivity contribution is 9.10. The van der Waals surface area contributed by atoms with E-state index in [1.165, 1.54) is 0 Å². The summed E-state index contributed by atoms with van der Waals surface area (Å²) in [5.41, 5.74) is 6.73. The zero-order valence-corrected chi connectivity index (χ0v) is 11.0. The number of nitrogens with two attached hydrogens (primary N) is 1. The Morgan fingerprint density at radius 1 is 1.18 bits per heavy atom. The van der Waals surface area contributed by atoms with Crippen molar-refractivity contribution in [1.29, 1.82) is 0 Å². The van der Waals surface area contributed by atoms with Crippen molar-refractivity contribution >= 4 is 21.7 Å². The Morgan fingerprint density at radius 3 is 2.53 bits per heavy atom. The van der Waals surface area contributed by atoms with Gasteiger partial charge in [0, 0.05) is 12.4 Å². The number of nitrogen functional groups attached to an aromatic ring is 1. The minimum atomic E-state index is 0.422. The molecule has 2 aromatic heterocycles. The number of halogens is 1. The molecule has 0 unspecified atom stereocenters. The number of hydrogen-bond donors (Lipinski definition) is 1. The third-order valence-corrected chi connectivity index (χ3v) is 3.06. The van der Waals surface area contributed by atoms with Crippen LogP contribution in [0, 0.1) is 0 Å². The Balaban J connectivity index is 2.49. The van der Waals surface area contributed by atoms with Crippen LogP contribution in [0.15, 0.2) is 22.9 Å². The van der Waals surface area contributed by atoms with Crippen molar-refractivity contribution in [2.45, 2.75) is 19.8 Å². The fourth-order valence-electron chi connectivity index (χ4n) is 1.43. The summed E-state index contributed by atoms with van der Waals surface area (Å²) in [7, 11) is 0. The summed E-state index contributed by atoms with van der Waals surface area (Å²) in [4.78, 5) is 16.8. The monoisotopic (exact) mass is 293 g/mol. The molecular formula is C11H12BrN5. The molecule has 2 rings (SSSR count). The second-order valence-corrected chi connectivity index (χ2v) is 4.31. The number of hydrogen-bond acceptors (Lipinski definition) is 5. The lowest BCUT2D eigenvalue weighted by Gasteiger charge is -2.07. The van der Waals surface area contributed by atoms with E-state index >= 15 is 0 Å². The maximum atomic E-state index is 5.84. The molecule has 5 nitrogen and oxygen atoms in total. The van der Waals surface area contributed by atoms with Gasteiger partial charge in [-0.3, -0.25) is 0 Å². The zero-order chi connectivity index (χ0) is 12.3. The number of rotatable bonds is 3. The number of nitrogens with zero attached hydrogens (tertiary/aromatic N) is 4. The SMILES string of the molecule is CCCc1nc(-c2ncccn2)nc(N)c1Br. The van der Waals surface area contributed by atoms with Crippen molar-refractivity contribution in [3.8, 4) is 11.6 Å². The maximum absolute atomic E-state index is 5.84. The molecule has 88 valence electrons. The number of aryl methyl sites for hydroxylation is 1. The first-order valence-electron chi connectivity index (χ1n) is 5.31. The van der Waals surface area contributed by atoms with Crippen LogP contribution in [0.4, 0.5) is 5.82 Å². The van der Waals surface area contributed by atoms with Crippen LogP contribution in [-0.4, -0.2) is 19.9 Å². The molecule has 0 saturated carbocycles. The van der Waals surface area contributed by atoms with Gasteiger partial charge in [-0.05, 0) is 28.4 Å². The van der Waals surface area contributed by atoms with Crippen molar-refractivity contribution in [3.05, 3.63) is 28.6 Å². The quantitative estimate of drug-likeness (QED) is 0.939. The van der Waals surface area contributed by atoms with Crippen LogP contribution >= 0.6 is 15.9 Å². The molecule has 0 spiro atoms. The molecule has 2 heterocycles. The van der Waals surface area contributed by atoms with Gasteiger partial charge >= 0.3 is 0 Å².